The van der Waals surface area contributed by atoms with Crippen molar-refractivity contribution in [2.45, 2.75) is 0 Å². The molecule has 0 spiro atoms. The molecule has 0 unspecified atom stereocenters. The van der Waals surface area contributed by atoms with Gasteiger partial charge in [-0.15, -0.1) is 16.4 Å². The van der Waals surface area contributed by atoms with Crippen molar-refractivity contribution in [1.29, 1.82) is 5.41 Å². The molecule has 7 nitrogen and oxygen atoms in total. The fourth-order valence-corrected chi connectivity index (χ4v) is 1.61. The van der Waals surface area contributed by atoms with Gasteiger partial charge in [0.25, 0.3) is 0 Å². The highest BCUT2D eigenvalue weighted by Crippen LogP contribution is 2.21. The van der Waals surface area contributed by atoms with E-state index < -0.39 is 0 Å². The molecule has 0 atom stereocenters. The van der Waals surface area contributed by atoms with E-state index in [1.54, 1.807) is 6.20 Å². The highest BCUT2D eigenvalue weighted by atomic mass is 32.1. The molecule has 0 saturated heterocycles. The number of nitrogens with zero attached hydrogens (tertiary/aromatic N) is 3. The average molecular weight is 209 g/mol. The first-order chi connectivity index (χ1) is 6.75. The number of nitrogens with one attached hydrogen (secondary N) is 3. The Morgan fingerprint density at radius 1 is 1.57 bits per heavy atom. The monoisotopic (exact) mass is 209 g/mol. The van der Waals surface area contributed by atoms with Gasteiger partial charge in [0.05, 0.1) is 6.20 Å². The molecule has 2 aromatic heterocycles. The SMILES string of the molecule is N=C(N)Nc1nc(-c2c[nH]nn2)cs1. The van der Waals surface area contributed by atoms with Crippen molar-refractivity contribution in [2.75, 3.05) is 5.32 Å². The number of guanidine groups is 1. The quantitative estimate of drug-likeness (QED) is 0.417. The number of hydrogen-bond donors (Lipinski definition) is 4. The first-order valence-electron chi connectivity index (χ1n) is 3.69. The highest BCUT2D eigenvalue weighted by molar-refractivity contribution is 7.14. The number of aromatic amines is 1. The van der Waals surface area contributed by atoms with Gasteiger partial charge in [0, 0.05) is 5.38 Å². The number of aromatic nitrogens is 4. The molecule has 72 valence electrons. The van der Waals surface area contributed by atoms with Gasteiger partial charge in [-0.25, -0.2) is 4.98 Å². The topological polar surface area (TPSA) is 116 Å². The van der Waals surface area contributed by atoms with Gasteiger partial charge in [-0.2, -0.15) is 0 Å². The molecule has 8 heteroatoms. The lowest BCUT2D eigenvalue weighted by atomic mass is 10.4. The minimum atomic E-state index is -0.133. The molecule has 14 heavy (non-hydrogen) atoms. The van der Waals surface area contributed by atoms with Gasteiger partial charge in [-0.1, -0.05) is 5.21 Å². The van der Waals surface area contributed by atoms with E-state index in [1.807, 2.05) is 5.38 Å². The van der Waals surface area contributed by atoms with Crippen molar-refractivity contribution < 1.29 is 0 Å². The number of nitrogens with two attached hydrogens (primary N) is 1. The second kappa shape index (κ2) is 3.42. The predicted octanol–water partition coefficient (Wildman–Crippen LogP) is 0.234. The second-order valence-electron chi connectivity index (χ2n) is 2.44. The Labute approximate surface area is 82.9 Å². The number of hydrogen-bond acceptors (Lipinski definition) is 5. The summed E-state index contributed by atoms with van der Waals surface area (Å²) in [5.74, 6) is -0.133. The summed E-state index contributed by atoms with van der Waals surface area (Å²) in [6.45, 7) is 0. The second-order valence-corrected chi connectivity index (χ2v) is 3.29. The highest BCUT2D eigenvalue weighted by Gasteiger charge is 2.06. The third kappa shape index (κ3) is 1.69. The minimum Gasteiger partial charge on any atom is -0.370 e. The smallest absolute Gasteiger partial charge is 0.192 e. The Balaban J connectivity index is 2.22. The van der Waals surface area contributed by atoms with Gasteiger partial charge < -0.3 is 11.1 Å². The molecule has 0 aliphatic heterocycles. The van der Waals surface area contributed by atoms with Gasteiger partial charge in [-0.05, 0) is 0 Å². The van der Waals surface area contributed by atoms with E-state index in [0.717, 1.165) is 0 Å². The lowest BCUT2D eigenvalue weighted by molar-refractivity contribution is 0.941. The van der Waals surface area contributed by atoms with Crippen LogP contribution >= 0.6 is 11.3 Å². The molecule has 2 aromatic rings. The molecule has 2 rings (SSSR count). The van der Waals surface area contributed by atoms with Crippen LogP contribution in [0.1, 0.15) is 0 Å². The summed E-state index contributed by atoms with van der Waals surface area (Å²) in [7, 11) is 0. The molecule has 0 aliphatic carbocycles. The maximum absolute atomic E-state index is 7.01. The fraction of sp³-hybridized carbons (Fsp3) is 0. The van der Waals surface area contributed by atoms with Crippen LogP contribution in [0.4, 0.5) is 5.13 Å². The molecule has 0 aromatic carbocycles. The van der Waals surface area contributed by atoms with Crippen molar-refractivity contribution in [2.24, 2.45) is 5.73 Å². The first kappa shape index (κ1) is 8.63. The summed E-state index contributed by atoms with van der Waals surface area (Å²) >= 11 is 1.35. The van der Waals surface area contributed by atoms with E-state index in [0.29, 0.717) is 16.5 Å². The van der Waals surface area contributed by atoms with Crippen molar-refractivity contribution in [3.05, 3.63) is 11.6 Å². The van der Waals surface area contributed by atoms with Gasteiger partial charge in [0.15, 0.2) is 11.1 Å². The zero-order valence-electron chi connectivity index (χ0n) is 6.98. The minimum absolute atomic E-state index is 0.133. The molecule has 0 bridgehead atoms. The van der Waals surface area contributed by atoms with Crippen LogP contribution in [0, 0.1) is 5.41 Å². The zero-order valence-corrected chi connectivity index (χ0v) is 7.80. The van der Waals surface area contributed by atoms with Crippen LogP contribution < -0.4 is 11.1 Å². The van der Waals surface area contributed by atoms with Crippen LogP contribution in [-0.4, -0.2) is 26.4 Å². The van der Waals surface area contributed by atoms with Gasteiger partial charge >= 0.3 is 0 Å². The Hall–Kier alpha value is -1.96. The van der Waals surface area contributed by atoms with E-state index in [2.05, 4.69) is 25.7 Å². The Kier molecular flexibility index (Phi) is 2.11. The van der Waals surface area contributed by atoms with Crippen LogP contribution in [-0.2, 0) is 0 Å². The first-order valence-corrected chi connectivity index (χ1v) is 4.57. The van der Waals surface area contributed by atoms with E-state index in [4.69, 9.17) is 11.1 Å². The van der Waals surface area contributed by atoms with Crippen molar-refractivity contribution in [1.82, 2.24) is 20.4 Å². The van der Waals surface area contributed by atoms with E-state index in [-0.39, 0.29) is 5.96 Å². The van der Waals surface area contributed by atoms with Gasteiger partial charge in [0.2, 0.25) is 0 Å². The maximum atomic E-state index is 7.01. The molecular formula is C6H7N7S. The van der Waals surface area contributed by atoms with E-state index in [9.17, 15) is 0 Å². The maximum Gasteiger partial charge on any atom is 0.192 e. The normalized spacial score (nSPS) is 10.0. The van der Waals surface area contributed by atoms with Crippen molar-refractivity contribution in [3.63, 3.8) is 0 Å². The predicted molar refractivity (Wildman–Crippen MR) is 53.0 cm³/mol. The summed E-state index contributed by atoms with van der Waals surface area (Å²) in [5, 5.41) is 22.0. The Morgan fingerprint density at radius 3 is 3.07 bits per heavy atom. The number of rotatable bonds is 2. The molecule has 0 aliphatic rings. The third-order valence-corrected chi connectivity index (χ3v) is 2.18. The number of thiazole rings is 1. The van der Waals surface area contributed by atoms with Gasteiger partial charge in [0.1, 0.15) is 11.4 Å². The summed E-state index contributed by atoms with van der Waals surface area (Å²) in [5.41, 5.74) is 6.52. The number of anilines is 1. The summed E-state index contributed by atoms with van der Waals surface area (Å²) < 4.78 is 0. The Bertz CT molecular complexity index is 431. The van der Waals surface area contributed by atoms with Crippen LogP contribution in [0.5, 0.6) is 0 Å². The lowest BCUT2D eigenvalue weighted by Crippen LogP contribution is -2.20. The molecule has 0 fully saturated rings. The van der Waals surface area contributed by atoms with Crippen LogP contribution in [0.3, 0.4) is 0 Å². The summed E-state index contributed by atoms with van der Waals surface area (Å²) in [4.78, 5) is 4.16. The van der Waals surface area contributed by atoms with Gasteiger partial charge in [-0.3, -0.25) is 10.5 Å². The van der Waals surface area contributed by atoms with Crippen LogP contribution in [0.2, 0.25) is 0 Å². The average Bonchev–Trinajstić information content (AvgIpc) is 2.69. The fourth-order valence-electron chi connectivity index (χ4n) is 0.891. The molecular weight excluding hydrogens is 202 g/mol. The molecule has 0 radical (unpaired) electrons. The summed E-state index contributed by atoms with van der Waals surface area (Å²) in [6, 6.07) is 0. The van der Waals surface area contributed by atoms with Crippen LogP contribution in [0.25, 0.3) is 11.4 Å². The van der Waals surface area contributed by atoms with E-state index in [1.165, 1.54) is 11.3 Å². The zero-order chi connectivity index (χ0) is 9.97. The summed E-state index contributed by atoms with van der Waals surface area (Å²) in [6.07, 6.45) is 1.65. The largest absolute Gasteiger partial charge is 0.370 e. The van der Waals surface area contributed by atoms with Crippen LogP contribution in [0.15, 0.2) is 11.6 Å². The van der Waals surface area contributed by atoms with Crippen molar-refractivity contribution in [3.8, 4) is 11.4 Å². The lowest BCUT2D eigenvalue weighted by Gasteiger charge is -1.95. The van der Waals surface area contributed by atoms with Crippen molar-refractivity contribution >= 4 is 22.4 Å². The number of H-pyrrole nitrogens is 1. The standard InChI is InChI=1S/C6H7N7S/c7-5(8)11-6-10-4(2-14-6)3-1-9-13-12-3/h1-2H,(H,9,12,13)(H4,7,8,10,11). The molecule has 5 N–H and O–H groups in total. The molecule has 0 amide bonds. The van der Waals surface area contributed by atoms with E-state index >= 15 is 0 Å². The third-order valence-electron chi connectivity index (χ3n) is 1.42. The molecule has 2 heterocycles. The molecule has 0 saturated carbocycles. The Morgan fingerprint density at radius 2 is 2.43 bits per heavy atom.